The molecule has 1 aromatic rings. The van der Waals surface area contributed by atoms with E-state index in [-0.39, 0.29) is 0 Å². The van der Waals surface area contributed by atoms with Crippen LogP contribution in [0.4, 0.5) is 26.3 Å². The number of rotatable bonds is 4. The highest BCUT2D eigenvalue weighted by molar-refractivity contribution is 5.73. The van der Waals surface area contributed by atoms with E-state index < -0.39 is 24.3 Å². The fourth-order valence-corrected chi connectivity index (χ4v) is 3.85. The minimum Gasteiger partial charge on any atom is -0.475 e. The predicted molar refractivity (Wildman–Crippen MR) is 113 cm³/mol. The van der Waals surface area contributed by atoms with E-state index in [0.29, 0.717) is 24.1 Å². The number of hydrogen-bond donors (Lipinski definition) is 2. The molecule has 1 aromatic heterocycles. The number of aryl methyl sites for hydroxylation is 1. The maximum absolute atomic E-state index is 10.6. The summed E-state index contributed by atoms with van der Waals surface area (Å²) in [6.45, 7) is 10.4. The van der Waals surface area contributed by atoms with E-state index in [1.807, 2.05) is 13.0 Å². The second kappa shape index (κ2) is 13.2. The van der Waals surface area contributed by atoms with Crippen molar-refractivity contribution in [3.05, 3.63) is 17.5 Å². The van der Waals surface area contributed by atoms with E-state index in [9.17, 15) is 26.3 Å². The summed E-state index contributed by atoms with van der Waals surface area (Å²) in [6.07, 6.45) is -7.31. The lowest BCUT2D eigenvalue weighted by Crippen LogP contribution is -2.61. The van der Waals surface area contributed by atoms with Crippen LogP contribution in [0.25, 0.3) is 0 Å². The van der Waals surface area contributed by atoms with Crippen molar-refractivity contribution in [2.24, 2.45) is 5.92 Å². The van der Waals surface area contributed by atoms with Crippen LogP contribution in [0.3, 0.4) is 0 Å². The maximum atomic E-state index is 10.6. The smallest absolute Gasteiger partial charge is 0.475 e. The minimum absolute atomic E-state index is 0.386. The fourth-order valence-electron chi connectivity index (χ4n) is 3.85. The molecule has 0 saturated carbocycles. The highest BCUT2D eigenvalue weighted by Crippen LogP contribution is 2.32. The molecule has 2 aliphatic rings. The van der Waals surface area contributed by atoms with Crippen LogP contribution in [0.2, 0.25) is 0 Å². The SMILES string of the molecule is Cc1cc(CN2C[C@@H]3CCCO[C@@H]3[C@H](N(C)C(C)C)C2)no1.O=C(O)C(F)(F)F.O=C(O)C(F)(F)F. The third-order valence-corrected chi connectivity index (χ3v) is 5.70. The number of aromatic nitrogens is 1. The van der Waals surface area contributed by atoms with Crippen LogP contribution in [0, 0.1) is 12.8 Å². The maximum Gasteiger partial charge on any atom is 0.490 e. The standard InChI is InChI=1S/C17H29N3O2.2C2HF3O2/c1-12(2)19(4)16-11-20(10-15-8-13(3)22-18-15)9-14-6-5-7-21-17(14)16;2*3-2(4,5)1(6)7/h8,12,14,16-17H,5-7,9-11H2,1-4H3;2*(H,6,7)/t14-,16+,17-;;/m0../s1. The third-order valence-electron chi connectivity index (χ3n) is 5.70. The van der Waals surface area contributed by atoms with Crippen molar-refractivity contribution in [2.75, 3.05) is 26.7 Å². The molecule has 2 fully saturated rings. The number of nitrogens with zero attached hydrogens (tertiary/aromatic N) is 3. The Morgan fingerprint density at radius 2 is 1.67 bits per heavy atom. The molecule has 2 N–H and O–H groups in total. The van der Waals surface area contributed by atoms with Gasteiger partial charge in [0.1, 0.15) is 5.76 Å². The van der Waals surface area contributed by atoms with Gasteiger partial charge in [-0.05, 0) is 46.6 Å². The summed E-state index contributed by atoms with van der Waals surface area (Å²) in [6, 6.07) is 3.04. The van der Waals surface area contributed by atoms with Crippen molar-refractivity contribution in [3.8, 4) is 0 Å². The van der Waals surface area contributed by atoms with Crippen molar-refractivity contribution in [1.29, 1.82) is 0 Å². The first-order valence-corrected chi connectivity index (χ1v) is 11.0. The Labute approximate surface area is 204 Å². The number of alkyl halides is 6. The lowest BCUT2D eigenvalue weighted by molar-refractivity contribution is -0.193. The second-order valence-electron chi connectivity index (χ2n) is 8.79. The molecule has 2 saturated heterocycles. The van der Waals surface area contributed by atoms with Gasteiger partial charge in [-0.15, -0.1) is 0 Å². The Bertz CT molecular complexity index is 821. The van der Waals surface area contributed by atoms with Gasteiger partial charge in [-0.2, -0.15) is 26.3 Å². The number of hydrogen-bond acceptors (Lipinski definition) is 7. The molecule has 3 heterocycles. The number of carbonyl (C=O) groups is 2. The minimum atomic E-state index is -5.08. The lowest BCUT2D eigenvalue weighted by atomic mass is 9.84. The van der Waals surface area contributed by atoms with E-state index >= 15 is 0 Å². The molecule has 0 amide bonds. The van der Waals surface area contributed by atoms with Crippen molar-refractivity contribution in [3.63, 3.8) is 0 Å². The zero-order valence-electron chi connectivity index (χ0n) is 20.3. The first kappa shape index (κ1) is 31.6. The highest BCUT2D eigenvalue weighted by Gasteiger charge is 2.42. The molecule has 3 atom stereocenters. The summed E-state index contributed by atoms with van der Waals surface area (Å²) in [5.41, 5.74) is 1.04. The van der Waals surface area contributed by atoms with Crippen LogP contribution in [0.5, 0.6) is 0 Å². The van der Waals surface area contributed by atoms with Crippen LogP contribution in [-0.4, -0.2) is 94.4 Å². The molecule has 0 aliphatic carbocycles. The van der Waals surface area contributed by atoms with Gasteiger partial charge in [0.05, 0.1) is 11.8 Å². The van der Waals surface area contributed by atoms with E-state index in [0.717, 1.165) is 37.7 Å². The number of aliphatic carboxylic acids is 2. The molecule has 36 heavy (non-hydrogen) atoms. The van der Waals surface area contributed by atoms with Crippen LogP contribution < -0.4 is 0 Å². The average molecular weight is 535 g/mol. The van der Waals surface area contributed by atoms with Gasteiger partial charge in [0.15, 0.2) is 0 Å². The molecule has 208 valence electrons. The van der Waals surface area contributed by atoms with Gasteiger partial charge in [0, 0.05) is 44.4 Å². The summed E-state index contributed by atoms with van der Waals surface area (Å²) in [5.74, 6) is -3.98. The lowest BCUT2D eigenvalue weighted by Gasteiger charge is -2.49. The summed E-state index contributed by atoms with van der Waals surface area (Å²) < 4.78 is 74.9. The summed E-state index contributed by atoms with van der Waals surface area (Å²) >= 11 is 0. The number of fused-ring (bicyclic) bond motifs is 1. The van der Waals surface area contributed by atoms with E-state index in [2.05, 4.69) is 35.9 Å². The fraction of sp³-hybridized carbons (Fsp3) is 0.762. The predicted octanol–water partition coefficient (Wildman–Crippen LogP) is 3.57. The summed E-state index contributed by atoms with van der Waals surface area (Å²) in [5, 5.41) is 18.4. The number of piperidine rings is 1. The highest BCUT2D eigenvalue weighted by atomic mass is 19.4. The van der Waals surface area contributed by atoms with Crippen molar-refractivity contribution in [2.45, 2.75) is 70.7 Å². The zero-order valence-corrected chi connectivity index (χ0v) is 20.3. The molecule has 9 nitrogen and oxygen atoms in total. The normalized spacial score (nSPS) is 22.7. The number of ether oxygens (including phenoxy) is 1. The molecule has 0 aromatic carbocycles. The second-order valence-corrected chi connectivity index (χ2v) is 8.79. The molecular weight excluding hydrogens is 504 g/mol. The molecule has 0 bridgehead atoms. The van der Waals surface area contributed by atoms with Gasteiger partial charge in [0.2, 0.25) is 0 Å². The number of carboxylic acid groups (broad SMARTS) is 2. The van der Waals surface area contributed by atoms with E-state index in [1.165, 1.54) is 12.8 Å². The van der Waals surface area contributed by atoms with Crippen LogP contribution in [0.1, 0.15) is 38.1 Å². The number of likely N-dealkylation sites (N-methyl/N-ethyl adjacent to an activating group) is 1. The first-order valence-electron chi connectivity index (χ1n) is 11.0. The number of likely N-dealkylation sites (tertiary alicyclic amines) is 1. The topological polar surface area (TPSA) is 116 Å². The van der Waals surface area contributed by atoms with Crippen molar-refractivity contribution < 1.29 is 55.4 Å². The van der Waals surface area contributed by atoms with Gasteiger partial charge < -0.3 is 19.5 Å². The Hall–Kier alpha value is -2.39. The molecule has 0 radical (unpaired) electrons. The van der Waals surface area contributed by atoms with Gasteiger partial charge in [0.25, 0.3) is 0 Å². The van der Waals surface area contributed by atoms with E-state index in [4.69, 9.17) is 29.1 Å². The monoisotopic (exact) mass is 535 g/mol. The van der Waals surface area contributed by atoms with Crippen molar-refractivity contribution >= 4 is 11.9 Å². The van der Waals surface area contributed by atoms with Crippen molar-refractivity contribution in [1.82, 2.24) is 15.0 Å². The number of halogens is 6. The molecule has 3 rings (SSSR count). The summed E-state index contributed by atoms with van der Waals surface area (Å²) in [4.78, 5) is 22.8. The molecular formula is C21H31F6N3O6. The Balaban J connectivity index is 0.000000383. The third kappa shape index (κ3) is 10.3. The van der Waals surface area contributed by atoms with Gasteiger partial charge >= 0.3 is 24.3 Å². The first-order chi connectivity index (χ1) is 16.4. The van der Waals surface area contributed by atoms with Crippen LogP contribution in [-0.2, 0) is 20.9 Å². The Morgan fingerprint density at radius 1 is 1.14 bits per heavy atom. The van der Waals surface area contributed by atoms with Crippen LogP contribution in [0.15, 0.2) is 10.6 Å². The quantitative estimate of drug-likeness (QED) is 0.558. The zero-order chi connectivity index (χ0) is 27.8. The van der Waals surface area contributed by atoms with Crippen LogP contribution >= 0.6 is 0 Å². The largest absolute Gasteiger partial charge is 0.490 e. The molecule has 0 spiro atoms. The number of carboxylic acids is 2. The molecule has 2 aliphatic heterocycles. The van der Waals surface area contributed by atoms with Gasteiger partial charge in [-0.1, -0.05) is 5.16 Å². The molecule has 0 unspecified atom stereocenters. The average Bonchev–Trinajstić information content (AvgIpc) is 3.16. The van der Waals surface area contributed by atoms with Gasteiger partial charge in [-0.25, -0.2) is 9.59 Å². The summed E-state index contributed by atoms with van der Waals surface area (Å²) in [7, 11) is 2.23. The van der Waals surface area contributed by atoms with Gasteiger partial charge in [-0.3, -0.25) is 9.80 Å². The molecule has 15 heteroatoms. The van der Waals surface area contributed by atoms with E-state index in [1.54, 1.807) is 0 Å². The Kier molecular flexibility index (Phi) is 11.6. The Morgan fingerprint density at radius 3 is 2.08 bits per heavy atom.